The van der Waals surface area contributed by atoms with Crippen LogP contribution >= 0.6 is 0 Å². The number of para-hydroxylation sites is 1. The molecular weight excluding hydrogens is 226 g/mol. The molecule has 1 heterocycles. The van der Waals surface area contributed by atoms with E-state index in [0.717, 1.165) is 13.0 Å². The Kier molecular flexibility index (Phi) is 3.70. The molecule has 18 heavy (non-hydrogen) atoms. The highest BCUT2D eigenvalue weighted by Crippen LogP contribution is 2.23. The van der Waals surface area contributed by atoms with Crippen LogP contribution in [0.15, 0.2) is 30.5 Å². The zero-order valence-corrected chi connectivity index (χ0v) is 10.9. The number of aromatic nitrogens is 1. The third-order valence-corrected chi connectivity index (χ3v) is 3.48. The Labute approximate surface area is 107 Å². The molecule has 2 aromatic rings. The number of carboxylic acid groups (broad SMARTS) is 1. The second-order valence-corrected chi connectivity index (χ2v) is 4.74. The molecule has 0 saturated heterocycles. The van der Waals surface area contributed by atoms with E-state index < -0.39 is 5.97 Å². The predicted octanol–water partition coefficient (Wildman–Crippen LogP) is 3.31. The predicted molar refractivity (Wildman–Crippen MR) is 72.7 cm³/mol. The van der Waals surface area contributed by atoms with Crippen LogP contribution in [0.5, 0.6) is 0 Å². The molecule has 0 aliphatic heterocycles. The largest absolute Gasteiger partial charge is 0.481 e. The van der Waals surface area contributed by atoms with Gasteiger partial charge in [0.1, 0.15) is 0 Å². The van der Waals surface area contributed by atoms with E-state index in [0.29, 0.717) is 6.42 Å². The van der Waals surface area contributed by atoms with Crippen molar-refractivity contribution in [2.45, 2.75) is 33.2 Å². The first-order valence-electron chi connectivity index (χ1n) is 6.43. The molecule has 1 N–H and O–H groups in total. The number of nitrogens with zero attached hydrogens (tertiary/aromatic N) is 1. The van der Waals surface area contributed by atoms with Crippen LogP contribution in [0.3, 0.4) is 0 Å². The highest BCUT2D eigenvalue weighted by Gasteiger charge is 2.13. The average Bonchev–Trinajstić information content (AvgIpc) is 2.74. The van der Waals surface area contributed by atoms with Crippen LogP contribution < -0.4 is 0 Å². The van der Waals surface area contributed by atoms with Gasteiger partial charge in [-0.3, -0.25) is 4.79 Å². The number of carboxylic acids is 1. The molecule has 0 aliphatic carbocycles. The zero-order valence-electron chi connectivity index (χ0n) is 10.9. The topological polar surface area (TPSA) is 42.2 Å². The molecule has 1 aromatic carbocycles. The van der Waals surface area contributed by atoms with E-state index in [1.807, 2.05) is 12.1 Å². The smallest absolute Gasteiger partial charge is 0.306 e. The number of fused-ring (bicyclic) bond motifs is 1. The fourth-order valence-electron chi connectivity index (χ4n) is 2.28. The zero-order chi connectivity index (χ0) is 13.1. The van der Waals surface area contributed by atoms with Crippen molar-refractivity contribution < 1.29 is 9.90 Å². The van der Waals surface area contributed by atoms with Crippen molar-refractivity contribution >= 4 is 16.9 Å². The average molecular weight is 245 g/mol. The van der Waals surface area contributed by atoms with Gasteiger partial charge in [-0.2, -0.15) is 0 Å². The summed E-state index contributed by atoms with van der Waals surface area (Å²) in [7, 11) is 0. The molecule has 0 radical (unpaired) electrons. The summed E-state index contributed by atoms with van der Waals surface area (Å²) < 4.78 is 2.22. The van der Waals surface area contributed by atoms with Crippen LogP contribution in [0, 0.1) is 5.92 Å². The van der Waals surface area contributed by atoms with Crippen molar-refractivity contribution in [1.29, 1.82) is 0 Å². The van der Waals surface area contributed by atoms with Crippen LogP contribution in [0.25, 0.3) is 10.9 Å². The van der Waals surface area contributed by atoms with Crippen LogP contribution in [-0.4, -0.2) is 15.6 Å². The van der Waals surface area contributed by atoms with Crippen molar-refractivity contribution in [3.8, 4) is 0 Å². The minimum absolute atomic E-state index is 0.284. The number of rotatable bonds is 5. The summed E-state index contributed by atoms with van der Waals surface area (Å²) in [6.45, 7) is 4.83. The monoisotopic (exact) mass is 245 g/mol. The Morgan fingerprint density at radius 2 is 2.11 bits per heavy atom. The number of aryl methyl sites for hydroxylation is 2. The molecule has 3 nitrogen and oxygen atoms in total. The first kappa shape index (κ1) is 12.7. The maximum atomic E-state index is 10.8. The van der Waals surface area contributed by atoms with Gasteiger partial charge >= 0.3 is 5.97 Å². The summed E-state index contributed by atoms with van der Waals surface area (Å²) >= 11 is 0. The van der Waals surface area contributed by atoms with Gasteiger partial charge in [-0.05, 0) is 31.4 Å². The Bertz CT molecular complexity index is 557. The molecule has 0 amide bonds. The lowest BCUT2D eigenvalue weighted by atomic mass is 10.0. The third kappa shape index (κ3) is 2.40. The summed E-state index contributed by atoms with van der Waals surface area (Å²) in [5, 5.41) is 10.2. The van der Waals surface area contributed by atoms with Gasteiger partial charge in [0.05, 0.1) is 5.92 Å². The molecule has 0 fully saturated rings. The fourth-order valence-corrected chi connectivity index (χ4v) is 2.28. The normalized spacial score (nSPS) is 12.8. The van der Waals surface area contributed by atoms with Crippen molar-refractivity contribution in [1.82, 2.24) is 4.57 Å². The number of aliphatic carboxylic acids is 1. The number of hydrogen-bond donors (Lipinski definition) is 1. The number of hydrogen-bond acceptors (Lipinski definition) is 1. The van der Waals surface area contributed by atoms with Gasteiger partial charge < -0.3 is 9.67 Å². The quantitative estimate of drug-likeness (QED) is 0.878. The molecular formula is C15H19NO2. The second kappa shape index (κ2) is 5.25. The maximum absolute atomic E-state index is 10.8. The lowest BCUT2D eigenvalue weighted by Gasteiger charge is -2.04. The van der Waals surface area contributed by atoms with Crippen molar-refractivity contribution in [2.24, 2.45) is 5.92 Å². The first-order valence-corrected chi connectivity index (χ1v) is 6.43. The van der Waals surface area contributed by atoms with Crippen LogP contribution in [-0.2, 0) is 17.8 Å². The highest BCUT2D eigenvalue weighted by molar-refractivity contribution is 5.84. The van der Waals surface area contributed by atoms with E-state index in [1.54, 1.807) is 6.92 Å². The van der Waals surface area contributed by atoms with E-state index in [-0.39, 0.29) is 5.92 Å². The summed E-state index contributed by atoms with van der Waals surface area (Å²) in [6, 6.07) is 8.30. The van der Waals surface area contributed by atoms with Crippen molar-refractivity contribution in [3.63, 3.8) is 0 Å². The van der Waals surface area contributed by atoms with Crippen LogP contribution in [0.1, 0.15) is 25.8 Å². The molecule has 3 heteroatoms. The lowest BCUT2D eigenvalue weighted by molar-refractivity contribution is -0.141. The van der Waals surface area contributed by atoms with E-state index in [1.165, 1.54) is 16.5 Å². The van der Waals surface area contributed by atoms with E-state index in [4.69, 9.17) is 5.11 Å². The highest BCUT2D eigenvalue weighted by atomic mass is 16.4. The van der Waals surface area contributed by atoms with Gasteiger partial charge in [0, 0.05) is 23.6 Å². The Balaban J connectivity index is 2.25. The van der Waals surface area contributed by atoms with Gasteiger partial charge in [-0.25, -0.2) is 0 Å². The summed E-state index contributed by atoms with van der Waals surface area (Å²) in [5.74, 6) is -0.997. The van der Waals surface area contributed by atoms with Crippen LogP contribution in [0.2, 0.25) is 0 Å². The number of benzene rings is 1. The summed E-state index contributed by atoms with van der Waals surface area (Å²) in [5.41, 5.74) is 2.48. The minimum atomic E-state index is -0.714. The molecule has 0 aliphatic rings. The molecule has 96 valence electrons. The Hall–Kier alpha value is -1.77. The molecule has 0 spiro atoms. The van der Waals surface area contributed by atoms with Gasteiger partial charge in [0.25, 0.3) is 0 Å². The van der Waals surface area contributed by atoms with Crippen molar-refractivity contribution in [3.05, 3.63) is 36.0 Å². The third-order valence-electron chi connectivity index (χ3n) is 3.48. The fraction of sp³-hybridized carbons (Fsp3) is 0.400. The van der Waals surface area contributed by atoms with E-state index >= 15 is 0 Å². The minimum Gasteiger partial charge on any atom is -0.481 e. The van der Waals surface area contributed by atoms with E-state index in [9.17, 15) is 4.79 Å². The van der Waals surface area contributed by atoms with E-state index in [2.05, 4.69) is 29.8 Å². The molecule has 1 atom stereocenters. The SMILES string of the molecule is CCn1cc(CCC(C)C(=O)O)c2ccccc21. The molecule has 2 rings (SSSR count). The van der Waals surface area contributed by atoms with Gasteiger partial charge in [0.15, 0.2) is 0 Å². The standard InChI is InChI=1S/C15H19NO2/c1-3-16-10-12(9-8-11(2)15(17)18)13-6-4-5-7-14(13)16/h4-7,10-11H,3,8-9H2,1-2H3,(H,17,18). The van der Waals surface area contributed by atoms with Gasteiger partial charge in [0.2, 0.25) is 0 Å². The van der Waals surface area contributed by atoms with Gasteiger partial charge in [-0.15, -0.1) is 0 Å². The maximum Gasteiger partial charge on any atom is 0.306 e. The molecule has 0 saturated carbocycles. The number of carbonyl (C=O) groups is 1. The Morgan fingerprint density at radius 3 is 2.78 bits per heavy atom. The summed E-state index contributed by atoms with van der Waals surface area (Å²) in [6.07, 6.45) is 3.66. The summed E-state index contributed by atoms with van der Waals surface area (Å²) in [4.78, 5) is 10.8. The van der Waals surface area contributed by atoms with Gasteiger partial charge in [-0.1, -0.05) is 25.1 Å². The molecule has 1 aromatic heterocycles. The lowest BCUT2D eigenvalue weighted by Crippen LogP contribution is -2.10. The second-order valence-electron chi connectivity index (χ2n) is 4.74. The first-order chi connectivity index (χ1) is 8.63. The molecule has 1 unspecified atom stereocenters. The van der Waals surface area contributed by atoms with Crippen LogP contribution in [0.4, 0.5) is 0 Å². The molecule has 0 bridgehead atoms. The Morgan fingerprint density at radius 1 is 1.39 bits per heavy atom. The van der Waals surface area contributed by atoms with Crippen molar-refractivity contribution in [2.75, 3.05) is 0 Å².